The molecule has 0 fully saturated rings. The maximum atomic E-state index is 12.3. The summed E-state index contributed by atoms with van der Waals surface area (Å²) < 4.78 is 32.7. The maximum absolute atomic E-state index is 12.3. The van der Waals surface area contributed by atoms with Crippen molar-refractivity contribution in [2.24, 2.45) is 4.99 Å². The monoisotopic (exact) mass is 485 g/mol. The molecule has 9 heteroatoms. The molecular formula is C17H16IN3O4S. The van der Waals surface area contributed by atoms with E-state index in [4.69, 9.17) is 4.74 Å². The number of sulfonamides is 1. The van der Waals surface area contributed by atoms with E-state index in [9.17, 15) is 13.2 Å². The number of rotatable bonds is 5. The summed E-state index contributed by atoms with van der Waals surface area (Å²) in [6.45, 7) is 0.353. The predicted octanol–water partition coefficient (Wildman–Crippen LogP) is 1.98. The zero-order valence-electron chi connectivity index (χ0n) is 13.8. The SMILES string of the molecule is COc1ccc(CCNC(=O)C2=Nc3ccc(I)cc3S(=O)(=O)N2)cc1. The van der Waals surface area contributed by atoms with Crippen LogP contribution in [0.4, 0.5) is 5.69 Å². The van der Waals surface area contributed by atoms with Gasteiger partial charge in [-0.25, -0.2) is 13.4 Å². The first-order valence-corrected chi connectivity index (χ1v) is 10.3. The Morgan fingerprint density at radius 3 is 2.65 bits per heavy atom. The summed E-state index contributed by atoms with van der Waals surface area (Å²) in [6, 6.07) is 12.3. The fraction of sp³-hybridized carbons (Fsp3) is 0.176. The van der Waals surface area contributed by atoms with Gasteiger partial charge in [0.1, 0.15) is 10.6 Å². The van der Waals surface area contributed by atoms with Crippen LogP contribution in [-0.2, 0) is 21.2 Å². The Hall–Kier alpha value is -2.14. The van der Waals surface area contributed by atoms with Gasteiger partial charge in [-0.3, -0.25) is 9.52 Å². The summed E-state index contributed by atoms with van der Waals surface area (Å²) in [5, 5.41) is 2.68. The average Bonchev–Trinajstić information content (AvgIpc) is 2.62. The van der Waals surface area contributed by atoms with Crippen molar-refractivity contribution in [3.8, 4) is 5.75 Å². The number of amides is 1. The molecule has 7 nitrogen and oxygen atoms in total. The summed E-state index contributed by atoms with van der Waals surface area (Å²) >= 11 is 2.02. The minimum absolute atomic E-state index is 0.0687. The number of methoxy groups -OCH3 is 1. The van der Waals surface area contributed by atoms with Crippen molar-refractivity contribution in [1.82, 2.24) is 10.0 Å². The van der Waals surface area contributed by atoms with Gasteiger partial charge >= 0.3 is 0 Å². The Balaban J connectivity index is 1.67. The molecule has 1 heterocycles. The van der Waals surface area contributed by atoms with Crippen molar-refractivity contribution in [3.05, 3.63) is 51.6 Å². The van der Waals surface area contributed by atoms with E-state index in [1.54, 1.807) is 19.2 Å². The number of hydrogen-bond acceptors (Lipinski definition) is 5. The van der Waals surface area contributed by atoms with E-state index in [-0.39, 0.29) is 16.4 Å². The second-order valence-electron chi connectivity index (χ2n) is 5.53. The van der Waals surface area contributed by atoms with Crippen molar-refractivity contribution in [2.75, 3.05) is 13.7 Å². The fourth-order valence-corrected chi connectivity index (χ4v) is 4.29. The minimum atomic E-state index is -3.80. The Morgan fingerprint density at radius 1 is 1.23 bits per heavy atom. The topological polar surface area (TPSA) is 96.9 Å². The van der Waals surface area contributed by atoms with Gasteiger partial charge in [-0.2, -0.15) is 0 Å². The second-order valence-corrected chi connectivity index (χ2v) is 8.43. The van der Waals surface area contributed by atoms with Crippen LogP contribution >= 0.6 is 22.6 Å². The number of benzene rings is 2. The molecule has 0 atom stereocenters. The number of fused-ring (bicyclic) bond motifs is 1. The summed E-state index contributed by atoms with van der Waals surface area (Å²) in [5.41, 5.74) is 1.28. The molecule has 2 aromatic carbocycles. The lowest BCUT2D eigenvalue weighted by molar-refractivity contribution is -0.114. The Labute approximate surface area is 165 Å². The van der Waals surface area contributed by atoms with Gasteiger partial charge in [-0.05, 0) is 64.9 Å². The number of halogens is 1. The van der Waals surface area contributed by atoms with Gasteiger partial charge in [-0.1, -0.05) is 12.1 Å². The molecule has 0 radical (unpaired) electrons. The van der Waals surface area contributed by atoms with Crippen molar-refractivity contribution in [2.45, 2.75) is 11.3 Å². The molecule has 1 aliphatic heterocycles. The summed E-state index contributed by atoms with van der Waals surface area (Å²) in [5.74, 6) is -0.0307. The van der Waals surface area contributed by atoms with Crippen molar-refractivity contribution in [1.29, 1.82) is 0 Å². The lowest BCUT2D eigenvalue weighted by Gasteiger charge is -2.17. The molecule has 0 spiro atoms. The number of hydrogen-bond donors (Lipinski definition) is 2. The van der Waals surface area contributed by atoms with Crippen LogP contribution in [0.1, 0.15) is 5.56 Å². The van der Waals surface area contributed by atoms with Crippen LogP contribution in [-0.4, -0.2) is 33.8 Å². The first-order chi connectivity index (χ1) is 12.4. The molecule has 2 N–H and O–H groups in total. The van der Waals surface area contributed by atoms with Crippen molar-refractivity contribution >= 4 is 50.0 Å². The Kier molecular flexibility index (Phi) is 5.47. The molecule has 2 aromatic rings. The molecule has 0 unspecified atom stereocenters. The molecule has 3 rings (SSSR count). The van der Waals surface area contributed by atoms with Gasteiger partial charge < -0.3 is 10.1 Å². The van der Waals surface area contributed by atoms with Crippen LogP contribution in [0, 0.1) is 3.57 Å². The molecule has 0 aromatic heterocycles. The first kappa shape index (κ1) is 18.6. The second kappa shape index (κ2) is 7.62. The zero-order chi connectivity index (χ0) is 18.7. The number of nitrogens with zero attached hydrogens (tertiary/aromatic N) is 1. The summed E-state index contributed by atoms with van der Waals surface area (Å²) in [7, 11) is -2.21. The van der Waals surface area contributed by atoms with Crippen LogP contribution in [0.3, 0.4) is 0 Å². The minimum Gasteiger partial charge on any atom is -0.497 e. The van der Waals surface area contributed by atoms with Crippen LogP contribution in [0.25, 0.3) is 0 Å². The van der Waals surface area contributed by atoms with Gasteiger partial charge in [0.25, 0.3) is 15.9 Å². The molecule has 1 aliphatic rings. The summed E-state index contributed by atoms with van der Waals surface area (Å²) in [4.78, 5) is 16.5. The average molecular weight is 485 g/mol. The zero-order valence-corrected chi connectivity index (χ0v) is 16.8. The highest BCUT2D eigenvalue weighted by Crippen LogP contribution is 2.29. The van der Waals surface area contributed by atoms with Crippen LogP contribution < -0.4 is 14.8 Å². The van der Waals surface area contributed by atoms with E-state index in [2.05, 4.69) is 15.0 Å². The van der Waals surface area contributed by atoms with E-state index < -0.39 is 15.9 Å². The Morgan fingerprint density at radius 2 is 1.96 bits per heavy atom. The standard InChI is InChI=1S/C17H16IN3O4S/c1-25-13-5-2-11(3-6-13)8-9-19-17(22)16-20-14-7-4-12(18)10-15(14)26(23,24)21-16/h2-7,10H,8-9H2,1H3,(H,19,22)(H,20,21). The molecule has 0 saturated carbocycles. The molecule has 136 valence electrons. The van der Waals surface area contributed by atoms with Gasteiger partial charge in [0, 0.05) is 10.1 Å². The number of aliphatic imine (C=N–C) groups is 1. The molecule has 0 bridgehead atoms. The van der Waals surface area contributed by atoms with E-state index >= 15 is 0 Å². The van der Waals surface area contributed by atoms with E-state index in [1.807, 2.05) is 46.9 Å². The Bertz CT molecular complexity index is 972. The number of carbonyl (C=O) groups excluding carboxylic acids is 1. The van der Waals surface area contributed by atoms with Crippen molar-refractivity contribution in [3.63, 3.8) is 0 Å². The normalized spacial score (nSPS) is 14.6. The highest BCUT2D eigenvalue weighted by molar-refractivity contribution is 14.1. The molecule has 1 amide bonds. The smallest absolute Gasteiger partial charge is 0.287 e. The molecule has 26 heavy (non-hydrogen) atoms. The molecule has 0 aliphatic carbocycles. The van der Waals surface area contributed by atoms with Gasteiger partial charge in [-0.15, -0.1) is 0 Å². The van der Waals surface area contributed by atoms with Gasteiger partial charge in [0.15, 0.2) is 0 Å². The van der Waals surface area contributed by atoms with Gasteiger partial charge in [0.2, 0.25) is 5.84 Å². The highest BCUT2D eigenvalue weighted by Gasteiger charge is 2.28. The first-order valence-electron chi connectivity index (χ1n) is 7.71. The highest BCUT2D eigenvalue weighted by atomic mass is 127. The van der Waals surface area contributed by atoms with Crippen LogP contribution in [0.2, 0.25) is 0 Å². The van der Waals surface area contributed by atoms with Gasteiger partial charge in [0.05, 0.1) is 12.8 Å². The van der Waals surface area contributed by atoms with E-state index in [0.29, 0.717) is 13.0 Å². The lowest BCUT2D eigenvalue weighted by atomic mass is 10.1. The predicted molar refractivity (Wildman–Crippen MR) is 106 cm³/mol. The summed E-state index contributed by atoms with van der Waals surface area (Å²) in [6.07, 6.45) is 0.602. The molecule has 0 saturated heterocycles. The van der Waals surface area contributed by atoms with E-state index in [1.165, 1.54) is 6.07 Å². The quantitative estimate of drug-likeness (QED) is 0.634. The third kappa shape index (κ3) is 4.15. The third-order valence-electron chi connectivity index (χ3n) is 3.75. The fourth-order valence-electron chi connectivity index (χ4n) is 2.41. The van der Waals surface area contributed by atoms with Crippen LogP contribution in [0.15, 0.2) is 52.4 Å². The number of amidine groups is 1. The van der Waals surface area contributed by atoms with E-state index in [0.717, 1.165) is 14.9 Å². The van der Waals surface area contributed by atoms with Crippen molar-refractivity contribution < 1.29 is 17.9 Å². The number of carbonyl (C=O) groups is 1. The lowest BCUT2D eigenvalue weighted by Crippen LogP contribution is -2.44. The molecular weight excluding hydrogens is 469 g/mol. The maximum Gasteiger partial charge on any atom is 0.287 e. The third-order valence-corrected chi connectivity index (χ3v) is 5.79. The largest absolute Gasteiger partial charge is 0.497 e. The number of nitrogens with one attached hydrogen (secondary N) is 2. The number of ether oxygens (including phenoxy) is 1. The van der Waals surface area contributed by atoms with Crippen LogP contribution in [0.5, 0.6) is 5.75 Å².